The van der Waals surface area contributed by atoms with Crippen molar-refractivity contribution in [1.82, 2.24) is 14.3 Å². The van der Waals surface area contributed by atoms with Crippen LogP contribution in [0.25, 0.3) is 5.69 Å². The van der Waals surface area contributed by atoms with Crippen molar-refractivity contribution in [2.75, 3.05) is 0 Å². The molecule has 84 valence electrons. The van der Waals surface area contributed by atoms with Gasteiger partial charge in [0.15, 0.2) is 0 Å². The number of hydrogen-bond donors (Lipinski definition) is 0. The van der Waals surface area contributed by atoms with Gasteiger partial charge in [-0.2, -0.15) is 5.10 Å². The number of benzene rings is 1. The highest BCUT2D eigenvalue weighted by atomic mass is 79.9. The molecule has 0 spiro atoms. The molecule has 4 nitrogen and oxygen atoms in total. The molecule has 0 atom stereocenters. The van der Waals surface area contributed by atoms with Gasteiger partial charge in [0.05, 0.1) is 5.69 Å². The van der Waals surface area contributed by atoms with Gasteiger partial charge in [0.2, 0.25) is 0 Å². The van der Waals surface area contributed by atoms with E-state index < -0.39 is 0 Å². The van der Waals surface area contributed by atoms with E-state index in [9.17, 15) is 4.79 Å². The predicted molar refractivity (Wildman–Crippen MR) is 65.9 cm³/mol. The van der Waals surface area contributed by atoms with Crippen molar-refractivity contribution >= 4 is 15.9 Å². The molecule has 0 N–H and O–H groups in total. The van der Waals surface area contributed by atoms with E-state index in [2.05, 4.69) is 21.0 Å². The van der Waals surface area contributed by atoms with Crippen molar-refractivity contribution < 1.29 is 0 Å². The number of nitrogens with zero attached hydrogens (tertiary/aromatic N) is 3. The SMILES string of the molecule is CCc1nn(C)c(=O)n1-c1ccc(Br)cc1. The standard InChI is InChI=1S/C11H12BrN3O/c1-3-10-13-14(2)11(16)15(10)9-6-4-8(12)5-7-9/h4-7H,3H2,1-2H3. The second kappa shape index (κ2) is 4.25. The Labute approximate surface area is 102 Å². The van der Waals surface area contributed by atoms with Gasteiger partial charge in [-0.1, -0.05) is 22.9 Å². The summed E-state index contributed by atoms with van der Waals surface area (Å²) in [6, 6.07) is 7.61. The van der Waals surface area contributed by atoms with E-state index in [0.29, 0.717) is 0 Å². The fraction of sp³-hybridized carbons (Fsp3) is 0.273. The van der Waals surface area contributed by atoms with Gasteiger partial charge >= 0.3 is 5.69 Å². The zero-order valence-corrected chi connectivity index (χ0v) is 10.7. The van der Waals surface area contributed by atoms with Crippen LogP contribution in [0.3, 0.4) is 0 Å². The molecule has 0 bridgehead atoms. The van der Waals surface area contributed by atoms with Crippen LogP contribution in [-0.4, -0.2) is 14.3 Å². The van der Waals surface area contributed by atoms with E-state index in [1.54, 1.807) is 11.6 Å². The van der Waals surface area contributed by atoms with E-state index in [1.165, 1.54) is 4.68 Å². The van der Waals surface area contributed by atoms with Crippen LogP contribution in [0.2, 0.25) is 0 Å². The quantitative estimate of drug-likeness (QED) is 0.844. The maximum Gasteiger partial charge on any atom is 0.350 e. The van der Waals surface area contributed by atoms with Crippen LogP contribution in [0.15, 0.2) is 33.5 Å². The first-order valence-corrected chi connectivity index (χ1v) is 5.83. The smallest absolute Gasteiger partial charge is 0.247 e. The molecule has 0 unspecified atom stereocenters. The van der Waals surface area contributed by atoms with Crippen molar-refractivity contribution in [2.24, 2.45) is 7.05 Å². The van der Waals surface area contributed by atoms with E-state index in [0.717, 1.165) is 22.4 Å². The van der Waals surface area contributed by atoms with Gasteiger partial charge in [-0.25, -0.2) is 14.0 Å². The largest absolute Gasteiger partial charge is 0.350 e. The minimum Gasteiger partial charge on any atom is -0.247 e. The van der Waals surface area contributed by atoms with Crippen LogP contribution in [0.4, 0.5) is 0 Å². The zero-order chi connectivity index (χ0) is 11.7. The highest BCUT2D eigenvalue weighted by molar-refractivity contribution is 9.10. The molecule has 2 aromatic rings. The molecule has 0 saturated heterocycles. The summed E-state index contributed by atoms with van der Waals surface area (Å²) in [4.78, 5) is 11.9. The van der Waals surface area contributed by atoms with E-state index in [4.69, 9.17) is 0 Å². The molecule has 0 aliphatic rings. The van der Waals surface area contributed by atoms with Gasteiger partial charge in [0.1, 0.15) is 5.82 Å². The Kier molecular flexibility index (Phi) is 2.96. The third-order valence-electron chi connectivity index (χ3n) is 2.39. The molecule has 0 radical (unpaired) electrons. The van der Waals surface area contributed by atoms with Gasteiger partial charge in [0.25, 0.3) is 0 Å². The van der Waals surface area contributed by atoms with Crippen LogP contribution in [0, 0.1) is 0 Å². The fourth-order valence-electron chi connectivity index (χ4n) is 1.59. The van der Waals surface area contributed by atoms with Crippen molar-refractivity contribution in [2.45, 2.75) is 13.3 Å². The summed E-state index contributed by atoms with van der Waals surface area (Å²) < 4.78 is 3.99. The van der Waals surface area contributed by atoms with Crippen LogP contribution in [0.5, 0.6) is 0 Å². The Morgan fingerprint density at radius 1 is 1.31 bits per heavy atom. The van der Waals surface area contributed by atoms with Crippen LogP contribution in [0.1, 0.15) is 12.7 Å². The molecule has 0 saturated carbocycles. The molecule has 0 amide bonds. The third kappa shape index (κ3) is 1.82. The van der Waals surface area contributed by atoms with Crippen LogP contribution >= 0.6 is 15.9 Å². The van der Waals surface area contributed by atoms with E-state index in [-0.39, 0.29) is 5.69 Å². The lowest BCUT2D eigenvalue weighted by Gasteiger charge is -2.03. The van der Waals surface area contributed by atoms with Gasteiger partial charge in [0, 0.05) is 17.9 Å². The molecule has 1 aromatic heterocycles. The minimum atomic E-state index is -0.112. The fourth-order valence-corrected chi connectivity index (χ4v) is 1.86. The number of hydrogen-bond acceptors (Lipinski definition) is 2. The third-order valence-corrected chi connectivity index (χ3v) is 2.92. The molecule has 5 heteroatoms. The van der Waals surface area contributed by atoms with Gasteiger partial charge in [-0.15, -0.1) is 0 Å². The maximum absolute atomic E-state index is 11.9. The van der Waals surface area contributed by atoms with Crippen molar-refractivity contribution in [1.29, 1.82) is 0 Å². The molecule has 0 aliphatic heterocycles. The second-order valence-electron chi connectivity index (χ2n) is 3.49. The van der Waals surface area contributed by atoms with E-state index in [1.807, 2.05) is 31.2 Å². The first-order chi connectivity index (χ1) is 7.63. The van der Waals surface area contributed by atoms with Crippen LogP contribution in [-0.2, 0) is 13.5 Å². The second-order valence-corrected chi connectivity index (χ2v) is 4.40. The molecule has 16 heavy (non-hydrogen) atoms. The minimum absolute atomic E-state index is 0.112. The number of aryl methyl sites for hydroxylation is 2. The number of aromatic nitrogens is 3. The first kappa shape index (κ1) is 11.1. The van der Waals surface area contributed by atoms with Crippen LogP contribution < -0.4 is 5.69 Å². The lowest BCUT2D eigenvalue weighted by atomic mass is 10.3. The molecule has 0 aliphatic carbocycles. The Balaban J connectivity index is 2.63. The summed E-state index contributed by atoms with van der Waals surface area (Å²) in [6.45, 7) is 1.98. The summed E-state index contributed by atoms with van der Waals surface area (Å²) >= 11 is 3.37. The Morgan fingerprint density at radius 3 is 2.50 bits per heavy atom. The molecular weight excluding hydrogens is 270 g/mol. The highest BCUT2D eigenvalue weighted by Crippen LogP contribution is 2.13. The topological polar surface area (TPSA) is 39.8 Å². The summed E-state index contributed by atoms with van der Waals surface area (Å²) in [5.74, 6) is 0.773. The summed E-state index contributed by atoms with van der Waals surface area (Å²) in [5, 5.41) is 4.18. The molecular formula is C11H12BrN3O. The Bertz CT molecular complexity index is 554. The normalized spacial score (nSPS) is 10.7. The van der Waals surface area contributed by atoms with Gasteiger partial charge < -0.3 is 0 Å². The lowest BCUT2D eigenvalue weighted by molar-refractivity contribution is 0.719. The zero-order valence-electron chi connectivity index (χ0n) is 9.14. The summed E-state index contributed by atoms with van der Waals surface area (Å²) in [7, 11) is 1.66. The first-order valence-electron chi connectivity index (χ1n) is 5.04. The highest BCUT2D eigenvalue weighted by Gasteiger charge is 2.10. The van der Waals surface area contributed by atoms with E-state index >= 15 is 0 Å². The Hall–Kier alpha value is -1.36. The molecule has 1 aromatic carbocycles. The molecule has 1 heterocycles. The van der Waals surface area contributed by atoms with Crippen molar-refractivity contribution in [3.63, 3.8) is 0 Å². The van der Waals surface area contributed by atoms with Crippen molar-refractivity contribution in [3.05, 3.63) is 45.0 Å². The lowest BCUT2D eigenvalue weighted by Crippen LogP contribution is -2.22. The summed E-state index contributed by atoms with van der Waals surface area (Å²) in [6.07, 6.45) is 0.728. The summed E-state index contributed by atoms with van der Waals surface area (Å²) in [5.41, 5.74) is 0.734. The molecule has 0 fully saturated rings. The average molecular weight is 282 g/mol. The predicted octanol–water partition coefficient (Wildman–Crippen LogP) is 1.90. The number of rotatable bonds is 2. The maximum atomic E-state index is 11.9. The monoisotopic (exact) mass is 281 g/mol. The van der Waals surface area contributed by atoms with Crippen molar-refractivity contribution in [3.8, 4) is 5.69 Å². The van der Waals surface area contributed by atoms with Gasteiger partial charge in [-0.3, -0.25) is 0 Å². The molecule has 2 rings (SSSR count). The Morgan fingerprint density at radius 2 is 1.94 bits per heavy atom. The average Bonchev–Trinajstić information content (AvgIpc) is 2.57. The number of halogens is 1. The van der Waals surface area contributed by atoms with Gasteiger partial charge in [-0.05, 0) is 24.3 Å².